The van der Waals surface area contributed by atoms with Crippen molar-refractivity contribution < 1.29 is 12.8 Å². The third-order valence-corrected chi connectivity index (χ3v) is 7.64. The molecule has 7 nitrogen and oxygen atoms in total. The van der Waals surface area contributed by atoms with Crippen molar-refractivity contribution in [2.45, 2.75) is 17.5 Å². The first-order valence-corrected chi connectivity index (χ1v) is 12.4. The van der Waals surface area contributed by atoms with Gasteiger partial charge in [-0.3, -0.25) is 0 Å². The van der Waals surface area contributed by atoms with Gasteiger partial charge in [0.15, 0.2) is 9.84 Å². The van der Waals surface area contributed by atoms with Gasteiger partial charge in [-0.15, -0.1) is 10.2 Å². The van der Waals surface area contributed by atoms with E-state index < -0.39 is 15.9 Å². The Morgan fingerprint density at radius 3 is 2.39 bits per heavy atom. The van der Waals surface area contributed by atoms with Crippen LogP contribution in [0.2, 0.25) is 5.02 Å². The summed E-state index contributed by atoms with van der Waals surface area (Å²) in [6.45, 7) is 0.868. The van der Waals surface area contributed by atoms with E-state index in [1.165, 1.54) is 0 Å². The minimum atomic E-state index is -3.55. The van der Waals surface area contributed by atoms with Crippen LogP contribution in [0, 0.1) is 0 Å². The van der Waals surface area contributed by atoms with E-state index in [2.05, 4.69) is 10.2 Å². The molecule has 0 radical (unpaired) electrons. The molecule has 1 aromatic heterocycles. The highest BCUT2D eigenvalue weighted by Crippen LogP contribution is 2.35. The quantitative estimate of drug-likeness (QED) is 0.467. The normalized spacial score (nSPS) is 17.4. The maximum Gasteiger partial charge on any atom is 0.248 e. The van der Waals surface area contributed by atoms with Gasteiger partial charge >= 0.3 is 0 Å². The van der Waals surface area contributed by atoms with Gasteiger partial charge in [-0.1, -0.05) is 41.9 Å². The van der Waals surface area contributed by atoms with E-state index in [9.17, 15) is 8.42 Å². The van der Waals surface area contributed by atoms with Crippen LogP contribution in [0.4, 0.5) is 5.69 Å². The molecule has 0 spiro atoms. The zero-order valence-corrected chi connectivity index (χ0v) is 19.1. The molecule has 3 aromatic carbocycles. The van der Waals surface area contributed by atoms with Gasteiger partial charge in [-0.25, -0.2) is 8.42 Å². The molecule has 9 heteroatoms. The van der Waals surface area contributed by atoms with Crippen molar-refractivity contribution in [2.75, 3.05) is 17.2 Å². The Hall–Kier alpha value is -3.20. The maximum absolute atomic E-state index is 13.0. The van der Waals surface area contributed by atoms with E-state index in [4.69, 9.17) is 21.8 Å². The second kappa shape index (κ2) is 8.62. The molecule has 0 aliphatic carbocycles. The van der Waals surface area contributed by atoms with Gasteiger partial charge in [0, 0.05) is 35.3 Å². The van der Waals surface area contributed by atoms with Crippen molar-refractivity contribution in [3.63, 3.8) is 0 Å². The van der Waals surface area contributed by atoms with Crippen LogP contribution in [0.25, 0.3) is 22.9 Å². The lowest BCUT2D eigenvalue weighted by molar-refractivity contribution is 0.584. The summed E-state index contributed by atoms with van der Waals surface area (Å²) >= 11 is 6.02. The molecular weight excluding hydrogens is 460 g/mol. The van der Waals surface area contributed by atoms with Gasteiger partial charge < -0.3 is 15.1 Å². The Labute approximate surface area is 196 Å². The van der Waals surface area contributed by atoms with Gasteiger partial charge in [0.1, 0.15) is 0 Å². The number of hydrogen-bond acceptors (Lipinski definition) is 7. The number of nitrogens with two attached hydrogens (primary N) is 1. The molecular formula is C24H21ClN4O3S. The fourth-order valence-electron chi connectivity index (χ4n) is 3.96. The first kappa shape index (κ1) is 21.6. The standard InChI is InChI=1S/C24H21ClN4O3S/c25-19-9-6-16(7-10-19)13-29-14-20(26)15-33(30,31)22-11-8-18(12-21(22)29)24-28-27-23(32-24)17-4-2-1-3-5-17/h1-12,20H,13-15,26H2/t20-/m1/s1. The Kier molecular flexibility index (Phi) is 5.65. The molecule has 0 bridgehead atoms. The molecule has 0 saturated carbocycles. The van der Waals surface area contributed by atoms with Gasteiger partial charge in [0.25, 0.3) is 0 Å². The predicted octanol–water partition coefficient (Wildman–Crippen LogP) is 4.18. The lowest BCUT2D eigenvalue weighted by Crippen LogP contribution is -2.39. The minimum absolute atomic E-state index is 0.116. The summed E-state index contributed by atoms with van der Waals surface area (Å²) < 4.78 is 31.9. The molecule has 2 N–H and O–H groups in total. The Balaban J connectivity index is 1.56. The van der Waals surface area contributed by atoms with Crippen molar-refractivity contribution in [3.8, 4) is 22.9 Å². The fourth-order valence-corrected chi connectivity index (χ4v) is 5.72. The van der Waals surface area contributed by atoms with Crippen LogP contribution in [-0.2, 0) is 16.4 Å². The largest absolute Gasteiger partial charge is 0.416 e. The number of sulfone groups is 1. The van der Waals surface area contributed by atoms with Crippen molar-refractivity contribution >= 4 is 27.1 Å². The zero-order valence-electron chi connectivity index (χ0n) is 17.6. The molecule has 1 aliphatic rings. The number of rotatable bonds is 4. The van der Waals surface area contributed by atoms with E-state index in [0.29, 0.717) is 41.1 Å². The van der Waals surface area contributed by atoms with Crippen LogP contribution < -0.4 is 10.6 Å². The van der Waals surface area contributed by atoms with Crippen LogP contribution in [0.5, 0.6) is 0 Å². The van der Waals surface area contributed by atoms with Crippen LogP contribution in [0.3, 0.4) is 0 Å². The molecule has 0 unspecified atom stereocenters. The summed E-state index contributed by atoms with van der Waals surface area (Å²) in [5.74, 6) is 0.595. The molecule has 5 rings (SSSR count). The Morgan fingerprint density at radius 2 is 1.67 bits per heavy atom. The SMILES string of the molecule is N[C@@H]1CN(Cc2ccc(Cl)cc2)c2cc(-c3nnc(-c4ccccc4)o3)ccc2S(=O)(=O)C1. The van der Waals surface area contributed by atoms with Crippen LogP contribution >= 0.6 is 11.6 Å². The monoisotopic (exact) mass is 480 g/mol. The lowest BCUT2D eigenvalue weighted by Gasteiger charge is -2.26. The minimum Gasteiger partial charge on any atom is -0.416 e. The highest BCUT2D eigenvalue weighted by Gasteiger charge is 2.31. The summed E-state index contributed by atoms with van der Waals surface area (Å²) in [6.07, 6.45) is 0. The van der Waals surface area contributed by atoms with Crippen molar-refractivity contribution in [1.82, 2.24) is 10.2 Å². The van der Waals surface area contributed by atoms with Crippen molar-refractivity contribution in [2.24, 2.45) is 5.73 Å². The smallest absolute Gasteiger partial charge is 0.248 e. The highest BCUT2D eigenvalue weighted by atomic mass is 35.5. The number of fused-ring (bicyclic) bond motifs is 1. The van der Waals surface area contributed by atoms with Gasteiger partial charge in [0.05, 0.1) is 16.3 Å². The number of anilines is 1. The molecule has 2 heterocycles. The fraction of sp³-hybridized carbons (Fsp3) is 0.167. The van der Waals surface area contributed by atoms with Crippen LogP contribution in [0.1, 0.15) is 5.56 Å². The second-order valence-corrected chi connectivity index (χ2v) is 10.4. The average molecular weight is 481 g/mol. The lowest BCUT2D eigenvalue weighted by atomic mass is 10.1. The second-order valence-electron chi connectivity index (χ2n) is 8.01. The zero-order chi connectivity index (χ0) is 23.0. The third-order valence-electron chi connectivity index (χ3n) is 5.50. The number of benzene rings is 3. The van der Waals surface area contributed by atoms with Gasteiger partial charge in [-0.2, -0.15) is 0 Å². The number of hydrogen-bond donors (Lipinski definition) is 1. The summed E-state index contributed by atoms with van der Waals surface area (Å²) in [6, 6.07) is 21.5. The first-order chi connectivity index (χ1) is 15.9. The van der Waals surface area contributed by atoms with E-state index >= 15 is 0 Å². The molecule has 1 atom stereocenters. The molecule has 0 amide bonds. The van der Waals surface area contributed by atoms with Crippen LogP contribution in [-0.4, -0.2) is 37.0 Å². The van der Waals surface area contributed by atoms with Gasteiger partial charge in [0.2, 0.25) is 11.8 Å². The summed E-state index contributed by atoms with van der Waals surface area (Å²) in [4.78, 5) is 2.22. The Bertz CT molecular complexity index is 1390. The van der Waals surface area contributed by atoms with E-state index in [1.807, 2.05) is 59.5 Å². The highest BCUT2D eigenvalue weighted by molar-refractivity contribution is 7.91. The van der Waals surface area contributed by atoms with Crippen LogP contribution in [0.15, 0.2) is 82.1 Å². The van der Waals surface area contributed by atoms with Crippen molar-refractivity contribution in [1.29, 1.82) is 0 Å². The molecule has 0 fully saturated rings. The third kappa shape index (κ3) is 4.50. The summed E-state index contributed by atoms with van der Waals surface area (Å²) in [5, 5.41) is 8.97. The molecule has 168 valence electrons. The molecule has 33 heavy (non-hydrogen) atoms. The van der Waals surface area contributed by atoms with E-state index in [0.717, 1.165) is 11.1 Å². The number of halogens is 1. The molecule has 4 aromatic rings. The summed E-state index contributed by atoms with van der Waals surface area (Å²) in [5.41, 5.74) is 9.19. The van der Waals surface area contributed by atoms with Crippen molar-refractivity contribution in [3.05, 3.63) is 83.4 Å². The molecule has 1 aliphatic heterocycles. The topological polar surface area (TPSA) is 102 Å². The maximum atomic E-state index is 13.0. The number of aromatic nitrogens is 2. The van der Waals surface area contributed by atoms with Gasteiger partial charge in [-0.05, 0) is 48.0 Å². The average Bonchev–Trinajstić information content (AvgIpc) is 3.27. The molecule has 0 saturated heterocycles. The number of nitrogens with zero attached hydrogens (tertiary/aromatic N) is 3. The summed E-state index contributed by atoms with van der Waals surface area (Å²) in [7, 11) is -3.55. The first-order valence-electron chi connectivity index (χ1n) is 10.4. The predicted molar refractivity (Wildman–Crippen MR) is 128 cm³/mol. The van der Waals surface area contributed by atoms with E-state index in [1.54, 1.807) is 18.2 Å². The van der Waals surface area contributed by atoms with E-state index in [-0.39, 0.29) is 10.6 Å². The Morgan fingerprint density at radius 1 is 0.970 bits per heavy atom.